The fraction of sp³-hybridized carbons (Fsp3) is 0. The average molecular weight is 398 g/mol. The summed E-state index contributed by atoms with van der Waals surface area (Å²) in [6, 6.07) is 14.0. The number of amides is 1. The number of sulfonamides is 1. The molecule has 142 valence electrons. The third-order valence-electron chi connectivity index (χ3n) is 3.67. The molecule has 0 atom stereocenters. The first-order valence-corrected chi connectivity index (χ1v) is 9.43. The molecule has 0 unspecified atom stereocenters. The van der Waals surface area contributed by atoms with Crippen molar-refractivity contribution in [3.8, 4) is 0 Å². The van der Waals surface area contributed by atoms with Gasteiger partial charge in [-0.05, 0) is 36.4 Å². The van der Waals surface area contributed by atoms with Gasteiger partial charge in [0.2, 0.25) is 0 Å². The van der Waals surface area contributed by atoms with Gasteiger partial charge < -0.3 is 5.32 Å². The van der Waals surface area contributed by atoms with Crippen LogP contribution >= 0.6 is 0 Å². The summed E-state index contributed by atoms with van der Waals surface area (Å²) >= 11 is 0. The van der Waals surface area contributed by atoms with Gasteiger partial charge in [0.05, 0.1) is 4.92 Å². The van der Waals surface area contributed by atoms with Crippen molar-refractivity contribution in [2.75, 3.05) is 10.0 Å². The molecular formula is C18H14N4O5S. The summed E-state index contributed by atoms with van der Waals surface area (Å²) in [5, 5.41) is 13.8. The molecule has 1 amide bonds. The maximum Gasteiger partial charge on any atom is 0.289 e. The maximum atomic E-state index is 12.6. The molecule has 2 N–H and O–H groups in total. The minimum Gasteiger partial charge on any atom is -0.322 e. The standard InChI is InChI=1S/C18H14N4O5S/c23-18(20-14-8-10-19-11-9-14)13-4-3-5-15(12-13)21-28(26,27)17-7-2-1-6-16(17)22(24)25/h1-12,21H,(H,19,20,23). The van der Waals surface area contributed by atoms with Crippen molar-refractivity contribution >= 4 is 33.0 Å². The van der Waals surface area contributed by atoms with Crippen LogP contribution in [0.5, 0.6) is 0 Å². The molecule has 0 aliphatic carbocycles. The van der Waals surface area contributed by atoms with E-state index in [4.69, 9.17) is 0 Å². The number of carbonyl (C=O) groups excluding carboxylic acids is 1. The number of nitrogens with zero attached hydrogens (tertiary/aromatic N) is 2. The quantitative estimate of drug-likeness (QED) is 0.485. The summed E-state index contributed by atoms with van der Waals surface area (Å²) in [5.41, 5.74) is 0.299. The smallest absolute Gasteiger partial charge is 0.289 e. The molecule has 0 aliphatic heterocycles. The van der Waals surface area contributed by atoms with Crippen LogP contribution in [0.25, 0.3) is 0 Å². The topological polar surface area (TPSA) is 131 Å². The van der Waals surface area contributed by atoms with E-state index in [1.807, 2.05) is 0 Å². The third-order valence-corrected chi connectivity index (χ3v) is 5.10. The molecule has 0 aliphatic rings. The van der Waals surface area contributed by atoms with Crippen LogP contribution in [0.2, 0.25) is 0 Å². The third kappa shape index (κ3) is 4.30. The van der Waals surface area contributed by atoms with E-state index in [9.17, 15) is 23.3 Å². The van der Waals surface area contributed by atoms with E-state index in [-0.39, 0.29) is 11.3 Å². The fourth-order valence-corrected chi connectivity index (χ4v) is 3.63. The predicted octanol–water partition coefficient (Wildman–Crippen LogP) is 3.04. The van der Waals surface area contributed by atoms with Crippen LogP contribution < -0.4 is 10.0 Å². The van der Waals surface area contributed by atoms with E-state index in [1.54, 1.807) is 12.1 Å². The molecular weight excluding hydrogens is 384 g/mol. The number of pyridine rings is 1. The van der Waals surface area contributed by atoms with Gasteiger partial charge in [-0.15, -0.1) is 0 Å². The van der Waals surface area contributed by atoms with Gasteiger partial charge in [0.15, 0.2) is 4.90 Å². The zero-order chi connectivity index (χ0) is 20.1. The normalized spacial score (nSPS) is 10.9. The lowest BCUT2D eigenvalue weighted by Gasteiger charge is -2.10. The Balaban J connectivity index is 1.85. The van der Waals surface area contributed by atoms with Gasteiger partial charge in [-0.25, -0.2) is 8.42 Å². The number of nitro benzene ring substituents is 1. The molecule has 0 bridgehead atoms. The number of carbonyl (C=O) groups is 1. The molecule has 2 aromatic carbocycles. The number of anilines is 2. The first-order valence-electron chi connectivity index (χ1n) is 7.94. The summed E-state index contributed by atoms with van der Waals surface area (Å²) in [4.78, 5) is 26.1. The molecule has 28 heavy (non-hydrogen) atoms. The molecule has 0 fully saturated rings. The highest BCUT2D eigenvalue weighted by atomic mass is 32.2. The Hall–Kier alpha value is -3.79. The largest absolute Gasteiger partial charge is 0.322 e. The second kappa shape index (κ2) is 7.84. The molecule has 3 aromatic rings. The summed E-state index contributed by atoms with van der Waals surface area (Å²) in [7, 11) is -4.22. The van der Waals surface area contributed by atoms with Gasteiger partial charge in [0, 0.05) is 35.4 Å². The minimum absolute atomic E-state index is 0.0977. The van der Waals surface area contributed by atoms with E-state index in [1.165, 1.54) is 48.8 Å². The van der Waals surface area contributed by atoms with Crippen molar-refractivity contribution in [1.82, 2.24) is 4.98 Å². The van der Waals surface area contributed by atoms with Crippen LogP contribution in [0.15, 0.2) is 78.0 Å². The minimum atomic E-state index is -4.22. The van der Waals surface area contributed by atoms with Gasteiger partial charge in [0.25, 0.3) is 21.6 Å². The van der Waals surface area contributed by atoms with Crippen LogP contribution in [0.1, 0.15) is 10.4 Å². The van der Waals surface area contributed by atoms with Crippen LogP contribution in [-0.4, -0.2) is 24.2 Å². The number of aromatic nitrogens is 1. The number of hydrogen-bond donors (Lipinski definition) is 2. The Morgan fingerprint density at radius 1 is 0.964 bits per heavy atom. The summed E-state index contributed by atoms with van der Waals surface area (Å²) < 4.78 is 27.4. The molecule has 0 spiro atoms. The van der Waals surface area contributed by atoms with Crippen LogP contribution in [0, 0.1) is 10.1 Å². The average Bonchev–Trinajstić information content (AvgIpc) is 2.68. The highest BCUT2D eigenvalue weighted by molar-refractivity contribution is 7.92. The zero-order valence-corrected chi connectivity index (χ0v) is 15.1. The number of nitro groups is 1. The highest BCUT2D eigenvalue weighted by Crippen LogP contribution is 2.25. The summed E-state index contributed by atoms with van der Waals surface area (Å²) in [5.74, 6) is -0.446. The second-order valence-corrected chi connectivity index (χ2v) is 7.25. The summed E-state index contributed by atoms with van der Waals surface area (Å²) in [6.07, 6.45) is 3.04. The first kappa shape index (κ1) is 19.0. The Bertz CT molecular complexity index is 1130. The second-order valence-electron chi connectivity index (χ2n) is 5.60. The lowest BCUT2D eigenvalue weighted by molar-refractivity contribution is -0.387. The van der Waals surface area contributed by atoms with Crippen LogP contribution in [0.4, 0.5) is 17.1 Å². The van der Waals surface area contributed by atoms with E-state index in [0.717, 1.165) is 12.1 Å². The number of benzene rings is 2. The lowest BCUT2D eigenvalue weighted by Crippen LogP contribution is -2.16. The first-order chi connectivity index (χ1) is 13.4. The molecule has 1 heterocycles. The van der Waals surface area contributed by atoms with Crippen LogP contribution in [0.3, 0.4) is 0 Å². The van der Waals surface area contributed by atoms with Crippen molar-refractivity contribution in [3.63, 3.8) is 0 Å². The van der Waals surface area contributed by atoms with Gasteiger partial charge >= 0.3 is 0 Å². The fourth-order valence-electron chi connectivity index (χ4n) is 2.41. The molecule has 0 saturated heterocycles. The van der Waals surface area contributed by atoms with Gasteiger partial charge in [-0.3, -0.25) is 24.6 Å². The SMILES string of the molecule is O=C(Nc1ccncc1)c1cccc(NS(=O)(=O)c2ccccc2[N+](=O)[O-])c1. The molecule has 10 heteroatoms. The molecule has 1 aromatic heterocycles. The van der Waals surface area contributed by atoms with Crippen molar-refractivity contribution in [2.45, 2.75) is 4.90 Å². The maximum absolute atomic E-state index is 12.6. The molecule has 0 radical (unpaired) electrons. The predicted molar refractivity (Wildman–Crippen MR) is 103 cm³/mol. The molecule has 9 nitrogen and oxygen atoms in total. The Morgan fingerprint density at radius 2 is 1.68 bits per heavy atom. The number of para-hydroxylation sites is 1. The van der Waals surface area contributed by atoms with E-state index in [2.05, 4.69) is 15.0 Å². The number of hydrogen-bond acceptors (Lipinski definition) is 6. The van der Waals surface area contributed by atoms with E-state index >= 15 is 0 Å². The van der Waals surface area contributed by atoms with Gasteiger partial charge in [-0.2, -0.15) is 0 Å². The number of nitrogens with one attached hydrogen (secondary N) is 2. The van der Waals surface area contributed by atoms with Gasteiger partial charge in [-0.1, -0.05) is 18.2 Å². The van der Waals surface area contributed by atoms with Crippen LogP contribution in [-0.2, 0) is 10.0 Å². The Morgan fingerprint density at radius 3 is 2.39 bits per heavy atom. The van der Waals surface area contributed by atoms with E-state index in [0.29, 0.717) is 5.69 Å². The number of rotatable bonds is 6. The summed E-state index contributed by atoms with van der Waals surface area (Å²) in [6.45, 7) is 0. The van der Waals surface area contributed by atoms with E-state index < -0.39 is 31.4 Å². The molecule has 0 saturated carbocycles. The monoisotopic (exact) mass is 398 g/mol. The Labute approximate surface area is 160 Å². The van der Waals surface area contributed by atoms with Gasteiger partial charge in [0.1, 0.15) is 0 Å². The van der Waals surface area contributed by atoms with Crippen molar-refractivity contribution in [2.24, 2.45) is 0 Å². The van der Waals surface area contributed by atoms with Crippen molar-refractivity contribution in [1.29, 1.82) is 0 Å². The Kier molecular flexibility index (Phi) is 5.32. The van der Waals surface area contributed by atoms with Crippen molar-refractivity contribution < 1.29 is 18.1 Å². The molecule has 3 rings (SSSR count). The lowest BCUT2D eigenvalue weighted by atomic mass is 10.2. The zero-order valence-electron chi connectivity index (χ0n) is 14.3. The highest BCUT2D eigenvalue weighted by Gasteiger charge is 2.25. The van der Waals surface area contributed by atoms with Crippen molar-refractivity contribution in [3.05, 3.63) is 88.7 Å².